The molecule has 2 aromatic heterocycles. The van der Waals surface area contributed by atoms with Gasteiger partial charge in [-0.15, -0.1) is 11.3 Å². The van der Waals surface area contributed by atoms with Crippen LogP contribution in [0.15, 0.2) is 41.8 Å². The van der Waals surface area contributed by atoms with Gasteiger partial charge >= 0.3 is 0 Å². The highest BCUT2D eigenvalue weighted by molar-refractivity contribution is 7.12. The monoisotopic (exact) mass is 325 g/mol. The van der Waals surface area contributed by atoms with Crippen LogP contribution in [0.25, 0.3) is 0 Å². The quantitative estimate of drug-likeness (QED) is 0.782. The number of amides is 1. The van der Waals surface area contributed by atoms with Gasteiger partial charge in [0.1, 0.15) is 0 Å². The molecule has 1 amide bonds. The second-order valence-corrected chi connectivity index (χ2v) is 6.49. The lowest BCUT2D eigenvalue weighted by Crippen LogP contribution is -2.13. The van der Waals surface area contributed by atoms with Crippen molar-refractivity contribution in [1.29, 1.82) is 0 Å². The van der Waals surface area contributed by atoms with Crippen molar-refractivity contribution in [2.75, 3.05) is 5.32 Å². The summed E-state index contributed by atoms with van der Waals surface area (Å²) < 4.78 is 1.93. The van der Waals surface area contributed by atoms with Crippen molar-refractivity contribution in [2.24, 2.45) is 0 Å². The molecule has 0 saturated carbocycles. The van der Waals surface area contributed by atoms with Gasteiger partial charge in [0.15, 0.2) is 0 Å². The van der Waals surface area contributed by atoms with Gasteiger partial charge in [-0.05, 0) is 43.3 Å². The minimum Gasteiger partial charge on any atom is -0.318 e. The van der Waals surface area contributed by atoms with Gasteiger partial charge in [0.2, 0.25) is 0 Å². The molecular weight excluding hydrogens is 306 g/mol. The van der Waals surface area contributed by atoms with Crippen molar-refractivity contribution < 1.29 is 4.79 Å². The van der Waals surface area contributed by atoms with Crippen LogP contribution in [0, 0.1) is 20.8 Å². The molecule has 0 atom stereocenters. The van der Waals surface area contributed by atoms with Crippen LogP contribution >= 0.6 is 11.3 Å². The second kappa shape index (κ2) is 6.38. The summed E-state index contributed by atoms with van der Waals surface area (Å²) in [7, 11) is 0. The van der Waals surface area contributed by atoms with E-state index in [0.717, 1.165) is 27.5 Å². The number of thiophene rings is 1. The van der Waals surface area contributed by atoms with Crippen molar-refractivity contribution in [3.63, 3.8) is 0 Å². The van der Waals surface area contributed by atoms with E-state index < -0.39 is 0 Å². The Hall–Kier alpha value is -2.40. The standard InChI is InChI=1S/C18H19N3OS/c1-12-9-10-23-17(12)18(22)19-16-13(2)20-21(14(16)3)11-15-7-5-4-6-8-15/h4-10H,11H2,1-3H3,(H,19,22). The van der Waals surface area contributed by atoms with E-state index in [1.54, 1.807) is 0 Å². The zero-order chi connectivity index (χ0) is 16.4. The van der Waals surface area contributed by atoms with E-state index in [-0.39, 0.29) is 5.91 Å². The van der Waals surface area contributed by atoms with Crippen molar-refractivity contribution in [3.05, 3.63) is 69.2 Å². The van der Waals surface area contributed by atoms with E-state index in [1.807, 2.05) is 55.1 Å². The van der Waals surface area contributed by atoms with Crippen molar-refractivity contribution in [3.8, 4) is 0 Å². The second-order valence-electron chi connectivity index (χ2n) is 5.58. The number of hydrogen-bond donors (Lipinski definition) is 1. The maximum Gasteiger partial charge on any atom is 0.266 e. The predicted octanol–water partition coefficient (Wildman–Crippen LogP) is 4.17. The Bertz CT molecular complexity index is 833. The first kappa shape index (κ1) is 15.5. The number of aromatic nitrogens is 2. The number of benzene rings is 1. The summed E-state index contributed by atoms with van der Waals surface area (Å²) in [6.07, 6.45) is 0. The van der Waals surface area contributed by atoms with Gasteiger partial charge in [-0.2, -0.15) is 5.10 Å². The highest BCUT2D eigenvalue weighted by atomic mass is 32.1. The molecule has 5 heteroatoms. The fourth-order valence-corrected chi connectivity index (χ4v) is 3.38. The number of carbonyl (C=O) groups excluding carboxylic acids is 1. The van der Waals surface area contributed by atoms with Gasteiger partial charge in [-0.1, -0.05) is 30.3 Å². The van der Waals surface area contributed by atoms with E-state index in [2.05, 4.69) is 22.5 Å². The van der Waals surface area contributed by atoms with Crippen LogP contribution in [0.2, 0.25) is 0 Å². The van der Waals surface area contributed by atoms with Gasteiger partial charge in [-0.25, -0.2) is 0 Å². The third kappa shape index (κ3) is 3.19. The van der Waals surface area contributed by atoms with Gasteiger partial charge < -0.3 is 5.32 Å². The van der Waals surface area contributed by atoms with E-state index in [4.69, 9.17) is 0 Å². The fourth-order valence-electron chi connectivity index (χ4n) is 2.56. The van der Waals surface area contributed by atoms with Crippen LogP contribution in [0.4, 0.5) is 5.69 Å². The lowest BCUT2D eigenvalue weighted by Gasteiger charge is -2.07. The Morgan fingerprint density at radius 2 is 1.91 bits per heavy atom. The van der Waals surface area contributed by atoms with Crippen molar-refractivity contribution in [1.82, 2.24) is 9.78 Å². The number of rotatable bonds is 4. The summed E-state index contributed by atoms with van der Waals surface area (Å²) in [5, 5.41) is 9.52. The van der Waals surface area contributed by atoms with Crippen molar-refractivity contribution in [2.45, 2.75) is 27.3 Å². The summed E-state index contributed by atoms with van der Waals surface area (Å²) >= 11 is 1.46. The maximum atomic E-state index is 12.4. The summed E-state index contributed by atoms with van der Waals surface area (Å²) in [4.78, 5) is 13.2. The first-order chi connectivity index (χ1) is 11.1. The predicted molar refractivity (Wildman–Crippen MR) is 94.3 cm³/mol. The van der Waals surface area contributed by atoms with Gasteiger partial charge in [0.05, 0.1) is 28.5 Å². The van der Waals surface area contributed by atoms with Gasteiger partial charge in [0.25, 0.3) is 5.91 Å². The van der Waals surface area contributed by atoms with E-state index in [1.165, 1.54) is 16.9 Å². The van der Waals surface area contributed by atoms with E-state index in [0.29, 0.717) is 6.54 Å². The van der Waals surface area contributed by atoms with Crippen LogP contribution in [-0.2, 0) is 6.54 Å². The number of anilines is 1. The molecule has 0 bridgehead atoms. The minimum absolute atomic E-state index is 0.0667. The molecule has 2 heterocycles. The lowest BCUT2D eigenvalue weighted by molar-refractivity contribution is 0.103. The Balaban J connectivity index is 1.84. The molecule has 1 N–H and O–H groups in total. The van der Waals surface area contributed by atoms with E-state index in [9.17, 15) is 4.79 Å². The molecule has 0 saturated heterocycles. The number of nitrogens with zero attached hydrogens (tertiary/aromatic N) is 2. The minimum atomic E-state index is -0.0667. The van der Waals surface area contributed by atoms with Crippen LogP contribution < -0.4 is 5.32 Å². The number of nitrogens with one attached hydrogen (secondary N) is 1. The summed E-state index contributed by atoms with van der Waals surface area (Å²) in [6.45, 7) is 6.55. The molecule has 0 unspecified atom stereocenters. The number of carbonyl (C=O) groups is 1. The third-order valence-electron chi connectivity index (χ3n) is 3.86. The molecular formula is C18H19N3OS. The fraction of sp³-hybridized carbons (Fsp3) is 0.222. The summed E-state index contributed by atoms with van der Waals surface area (Å²) in [5.41, 5.74) is 4.79. The number of hydrogen-bond acceptors (Lipinski definition) is 3. The smallest absolute Gasteiger partial charge is 0.266 e. The average molecular weight is 325 g/mol. The van der Waals surface area contributed by atoms with E-state index >= 15 is 0 Å². The van der Waals surface area contributed by atoms with Crippen LogP contribution in [0.5, 0.6) is 0 Å². The topological polar surface area (TPSA) is 46.9 Å². The lowest BCUT2D eigenvalue weighted by atomic mass is 10.2. The molecule has 0 aliphatic heterocycles. The first-order valence-electron chi connectivity index (χ1n) is 7.49. The first-order valence-corrected chi connectivity index (χ1v) is 8.37. The Labute approximate surface area is 139 Å². The molecule has 4 nitrogen and oxygen atoms in total. The zero-order valence-corrected chi connectivity index (χ0v) is 14.3. The Morgan fingerprint density at radius 3 is 2.57 bits per heavy atom. The normalized spacial score (nSPS) is 10.7. The molecule has 3 aromatic rings. The van der Waals surface area contributed by atoms with Crippen LogP contribution in [0.3, 0.4) is 0 Å². The Kier molecular flexibility index (Phi) is 4.30. The maximum absolute atomic E-state index is 12.4. The van der Waals surface area contributed by atoms with Crippen LogP contribution in [-0.4, -0.2) is 15.7 Å². The van der Waals surface area contributed by atoms with Crippen molar-refractivity contribution >= 4 is 22.9 Å². The highest BCUT2D eigenvalue weighted by Crippen LogP contribution is 2.23. The SMILES string of the molecule is Cc1ccsc1C(=O)Nc1c(C)nn(Cc2ccccc2)c1C. The Morgan fingerprint density at radius 1 is 1.17 bits per heavy atom. The summed E-state index contributed by atoms with van der Waals surface area (Å²) in [5.74, 6) is -0.0667. The molecule has 0 fully saturated rings. The van der Waals surface area contributed by atoms with Gasteiger partial charge in [0, 0.05) is 0 Å². The largest absolute Gasteiger partial charge is 0.318 e. The molecule has 0 spiro atoms. The van der Waals surface area contributed by atoms with Gasteiger partial charge in [-0.3, -0.25) is 9.48 Å². The molecule has 1 aromatic carbocycles. The molecule has 0 aliphatic rings. The molecule has 0 aliphatic carbocycles. The molecule has 0 radical (unpaired) electrons. The average Bonchev–Trinajstić information content (AvgIpc) is 3.07. The summed E-state index contributed by atoms with van der Waals surface area (Å²) in [6, 6.07) is 12.1. The molecule has 23 heavy (non-hydrogen) atoms. The molecule has 3 rings (SSSR count). The highest BCUT2D eigenvalue weighted by Gasteiger charge is 2.17. The zero-order valence-electron chi connectivity index (χ0n) is 13.5. The third-order valence-corrected chi connectivity index (χ3v) is 4.88. The van der Waals surface area contributed by atoms with Crippen LogP contribution in [0.1, 0.15) is 32.2 Å². The molecule has 118 valence electrons. The number of aryl methyl sites for hydroxylation is 2.